The molecule has 22 heavy (non-hydrogen) atoms. The van der Waals surface area contributed by atoms with Crippen LogP contribution in [0.1, 0.15) is 44.9 Å². The lowest BCUT2D eigenvalue weighted by Gasteiger charge is -2.54. The molecule has 0 aromatic heterocycles. The van der Waals surface area contributed by atoms with Gasteiger partial charge < -0.3 is 10.2 Å². The second-order valence-corrected chi connectivity index (χ2v) is 10.2. The first-order valence-electron chi connectivity index (χ1n) is 8.99. The summed E-state index contributed by atoms with van der Waals surface area (Å²) in [7, 11) is -3.01. The molecule has 1 atom stereocenters. The maximum Gasteiger partial charge on any atom is 0.214 e. The van der Waals surface area contributed by atoms with Crippen molar-refractivity contribution in [3.8, 4) is 0 Å². The second-order valence-electron chi connectivity index (χ2n) is 8.16. The minimum Gasteiger partial charge on any atom is -0.316 e. The minimum atomic E-state index is -3.01. The highest BCUT2D eigenvalue weighted by Crippen LogP contribution is 2.44. The highest BCUT2D eigenvalue weighted by molar-refractivity contribution is 7.90. The van der Waals surface area contributed by atoms with Gasteiger partial charge in [-0.2, -0.15) is 0 Å². The van der Waals surface area contributed by atoms with Crippen molar-refractivity contribution in [1.29, 1.82) is 0 Å². The average molecular weight is 327 g/mol. The molecule has 2 saturated heterocycles. The van der Waals surface area contributed by atoms with Crippen molar-refractivity contribution in [1.82, 2.24) is 14.9 Å². The molecule has 4 aliphatic rings. The van der Waals surface area contributed by atoms with Gasteiger partial charge in [0.15, 0.2) is 0 Å². The summed E-state index contributed by atoms with van der Waals surface area (Å²) < 4.78 is 27.0. The summed E-state index contributed by atoms with van der Waals surface area (Å²) in [6, 6.07) is 0.198. The standard InChI is InChI=1S/C16H29N3O2S/c20-22(21,15-1-2-15)18-14-3-6-16(7-4-14)11-19(12-16)10-13-5-8-17-9-13/h13-15,17-18H,1-12H2/t13-/m1/s1. The molecule has 2 aliphatic heterocycles. The molecule has 126 valence electrons. The fourth-order valence-corrected chi connectivity index (χ4v) is 6.29. The third kappa shape index (κ3) is 3.21. The summed E-state index contributed by atoms with van der Waals surface area (Å²) >= 11 is 0. The molecule has 5 nitrogen and oxygen atoms in total. The molecule has 2 N–H and O–H groups in total. The van der Waals surface area contributed by atoms with Crippen LogP contribution >= 0.6 is 0 Å². The van der Waals surface area contributed by atoms with E-state index in [1.54, 1.807) is 0 Å². The molecule has 1 spiro atoms. The quantitative estimate of drug-likeness (QED) is 0.788. The van der Waals surface area contributed by atoms with E-state index in [2.05, 4.69) is 14.9 Å². The van der Waals surface area contributed by atoms with E-state index >= 15 is 0 Å². The van der Waals surface area contributed by atoms with Gasteiger partial charge in [0.05, 0.1) is 5.25 Å². The van der Waals surface area contributed by atoms with Gasteiger partial charge in [0, 0.05) is 25.7 Å². The molecule has 2 heterocycles. The van der Waals surface area contributed by atoms with Crippen LogP contribution in [0.4, 0.5) is 0 Å². The molecule has 0 bridgehead atoms. The van der Waals surface area contributed by atoms with E-state index in [4.69, 9.17) is 0 Å². The zero-order valence-electron chi connectivity index (χ0n) is 13.4. The Bertz CT molecular complexity index is 495. The van der Waals surface area contributed by atoms with Crippen LogP contribution in [0.15, 0.2) is 0 Å². The Morgan fingerprint density at radius 1 is 1.09 bits per heavy atom. The van der Waals surface area contributed by atoms with Gasteiger partial charge in [0.1, 0.15) is 0 Å². The first-order chi connectivity index (χ1) is 10.5. The number of rotatable bonds is 5. The lowest BCUT2D eigenvalue weighted by molar-refractivity contribution is -0.0387. The van der Waals surface area contributed by atoms with E-state index in [0.717, 1.165) is 31.6 Å². The summed E-state index contributed by atoms with van der Waals surface area (Å²) in [5.74, 6) is 0.846. The highest BCUT2D eigenvalue weighted by atomic mass is 32.2. The van der Waals surface area contributed by atoms with E-state index in [1.165, 1.54) is 52.0 Å². The number of hydrogen-bond acceptors (Lipinski definition) is 4. The fourth-order valence-electron chi connectivity index (χ4n) is 4.64. The average Bonchev–Trinajstić information content (AvgIpc) is 3.19. The Labute approximate surface area is 134 Å². The van der Waals surface area contributed by atoms with Crippen molar-refractivity contribution in [2.45, 2.75) is 56.2 Å². The van der Waals surface area contributed by atoms with Crippen molar-refractivity contribution in [3.63, 3.8) is 0 Å². The first-order valence-corrected chi connectivity index (χ1v) is 10.5. The number of sulfonamides is 1. The van der Waals surface area contributed by atoms with Crippen molar-refractivity contribution < 1.29 is 8.42 Å². The van der Waals surface area contributed by atoms with Gasteiger partial charge in [0.2, 0.25) is 10.0 Å². The zero-order chi connectivity index (χ0) is 15.2. The van der Waals surface area contributed by atoms with Gasteiger partial charge in [-0.1, -0.05) is 0 Å². The first kappa shape index (κ1) is 15.4. The highest BCUT2D eigenvalue weighted by Gasteiger charge is 2.46. The zero-order valence-corrected chi connectivity index (χ0v) is 14.2. The van der Waals surface area contributed by atoms with Gasteiger partial charge in [-0.3, -0.25) is 0 Å². The Balaban J connectivity index is 1.21. The Morgan fingerprint density at radius 3 is 2.41 bits per heavy atom. The molecule has 0 amide bonds. The Kier molecular flexibility index (Phi) is 4.00. The van der Waals surface area contributed by atoms with Crippen LogP contribution in [-0.4, -0.2) is 57.3 Å². The lowest BCUT2D eigenvalue weighted by Crippen LogP contribution is -2.59. The van der Waals surface area contributed by atoms with E-state index in [1.807, 2.05) is 0 Å². The van der Waals surface area contributed by atoms with E-state index < -0.39 is 10.0 Å². The molecule has 4 fully saturated rings. The fraction of sp³-hybridized carbons (Fsp3) is 1.00. The molecule has 0 radical (unpaired) electrons. The van der Waals surface area contributed by atoms with Crippen LogP contribution in [0.25, 0.3) is 0 Å². The van der Waals surface area contributed by atoms with Crippen LogP contribution in [-0.2, 0) is 10.0 Å². The molecular formula is C16H29N3O2S. The third-order valence-corrected chi connectivity index (χ3v) is 8.15. The van der Waals surface area contributed by atoms with E-state index in [0.29, 0.717) is 5.41 Å². The Morgan fingerprint density at radius 2 is 1.82 bits per heavy atom. The molecular weight excluding hydrogens is 298 g/mol. The van der Waals surface area contributed by atoms with Crippen molar-refractivity contribution in [3.05, 3.63) is 0 Å². The lowest BCUT2D eigenvalue weighted by atomic mass is 9.67. The summed E-state index contributed by atoms with van der Waals surface area (Å²) in [6.45, 7) is 6.12. The van der Waals surface area contributed by atoms with Gasteiger partial charge in [0.25, 0.3) is 0 Å². The smallest absolute Gasteiger partial charge is 0.214 e. The number of hydrogen-bond donors (Lipinski definition) is 2. The van der Waals surface area contributed by atoms with Crippen molar-refractivity contribution >= 4 is 10.0 Å². The van der Waals surface area contributed by atoms with Gasteiger partial charge in [-0.05, 0) is 69.4 Å². The second kappa shape index (κ2) is 5.72. The van der Waals surface area contributed by atoms with Gasteiger partial charge in [-0.15, -0.1) is 0 Å². The predicted octanol–water partition coefficient (Wildman–Crippen LogP) is 0.922. The number of nitrogens with zero attached hydrogens (tertiary/aromatic N) is 1. The normalized spacial score (nSPS) is 33.2. The topological polar surface area (TPSA) is 61.4 Å². The predicted molar refractivity (Wildman–Crippen MR) is 87.2 cm³/mol. The SMILES string of the molecule is O=S(=O)(NC1CCC2(CC1)CN(C[C@@H]1CCNC1)C2)C1CC1. The third-order valence-electron chi connectivity index (χ3n) is 6.14. The number of nitrogens with one attached hydrogen (secondary N) is 2. The van der Waals surface area contributed by atoms with Gasteiger partial charge in [-0.25, -0.2) is 13.1 Å². The van der Waals surface area contributed by atoms with Crippen LogP contribution in [0.2, 0.25) is 0 Å². The summed E-state index contributed by atoms with van der Waals surface area (Å²) in [4.78, 5) is 2.62. The van der Waals surface area contributed by atoms with Crippen molar-refractivity contribution in [2.75, 3.05) is 32.7 Å². The summed E-state index contributed by atoms with van der Waals surface area (Å²) in [5, 5.41) is 3.37. The van der Waals surface area contributed by atoms with E-state index in [-0.39, 0.29) is 11.3 Å². The molecule has 2 aliphatic carbocycles. The monoisotopic (exact) mass is 327 g/mol. The molecule has 2 saturated carbocycles. The van der Waals surface area contributed by atoms with Gasteiger partial charge >= 0.3 is 0 Å². The van der Waals surface area contributed by atoms with Crippen LogP contribution in [0, 0.1) is 11.3 Å². The Hall–Kier alpha value is -0.170. The molecule has 4 rings (SSSR count). The van der Waals surface area contributed by atoms with Crippen LogP contribution in [0.5, 0.6) is 0 Å². The maximum absolute atomic E-state index is 12.0. The van der Waals surface area contributed by atoms with Crippen LogP contribution < -0.4 is 10.0 Å². The molecule has 0 aromatic rings. The summed E-state index contributed by atoms with van der Waals surface area (Å²) in [5.41, 5.74) is 0.507. The van der Waals surface area contributed by atoms with E-state index in [9.17, 15) is 8.42 Å². The summed E-state index contributed by atoms with van der Waals surface area (Å²) in [6.07, 6.45) is 7.51. The molecule has 0 unspecified atom stereocenters. The number of likely N-dealkylation sites (tertiary alicyclic amines) is 1. The molecule has 6 heteroatoms. The molecule has 0 aromatic carbocycles. The maximum atomic E-state index is 12.0. The minimum absolute atomic E-state index is 0.0809. The largest absolute Gasteiger partial charge is 0.316 e. The van der Waals surface area contributed by atoms with Crippen molar-refractivity contribution in [2.24, 2.45) is 11.3 Å². The van der Waals surface area contributed by atoms with Crippen LogP contribution in [0.3, 0.4) is 0 Å².